The first-order valence-electron chi connectivity index (χ1n) is 6.13. The molecule has 1 N–H and O–H groups in total. The number of likely N-dealkylation sites (tertiary alicyclic amines) is 1. The largest absolute Gasteiger partial charge is 0.334 e. The van der Waals surface area contributed by atoms with Crippen molar-refractivity contribution in [2.75, 3.05) is 19.6 Å². The fourth-order valence-electron chi connectivity index (χ4n) is 2.94. The zero-order chi connectivity index (χ0) is 12.7. The van der Waals surface area contributed by atoms with Gasteiger partial charge in [0, 0.05) is 41.3 Å². The van der Waals surface area contributed by atoms with Crippen LogP contribution in [0.5, 0.6) is 0 Å². The standard InChI is InChI=1S/C13H14Cl2N2O/c14-10-3-9(4-11(15)5-10)13(18)17-2-1-8-6-16-7-12(8)17/h3-5,8,12,16H,1-2,6-7H2/t8-,12+/m1/s1. The average Bonchev–Trinajstić information content (AvgIpc) is 2.88. The molecule has 3 rings (SSSR count). The number of fused-ring (bicyclic) bond motifs is 1. The van der Waals surface area contributed by atoms with Crippen molar-refractivity contribution in [3.8, 4) is 0 Å². The predicted molar refractivity (Wildman–Crippen MR) is 72.3 cm³/mol. The third-order valence-corrected chi connectivity index (χ3v) is 4.25. The normalized spacial score (nSPS) is 26.4. The van der Waals surface area contributed by atoms with Crippen LogP contribution in [0.4, 0.5) is 0 Å². The fraction of sp³-hybridized carbons (Fsp3) is 0.462. The SMILES string of the molecule is O=C(c1cc(Cl)cc(Cl)c1)N1CC[C@@H]2CNC[C@@H]21. The number of hydrogen-bond donors (Lipinski definition) is 1. The molecule has 0 saturated carbocycles. The lowest BCUT2D eigenvalue weighted by atomic mass is 10.0. The number of hydrogen-bond acceptors (Lipinski definition) is 2. The molecular weight excluding hydrogens is 271 g/mol. The van der Waals surface area contributed by atoms with Gasteiger partial charge in [-0.1, -0.05) is 23.2 Å². The Balaban J connectivity index is 1.86. The van der Waals surface area contributed by atoms with Gasteiger partial charge in [0.05, 0.1) is 0 Å². The third-order valence-electron chi connectivity index (χ3n) is 3.82. The van der Waals surface area contributed by atoms with E-state index in [0.717, 1.165) is 26.1 Å². The van der Waals surface area contributed by atoms with Gasteiger partial charge in [0.15, 0.2) is 0 Å². The van der Waals surface area contributed by atoms with Gasteiger partial charge in [0.25, 0.3) is 5.91 Å². The van der Waals surface area contributed by atoms with Gasteiger partial charge in [0.2, 0.25) is 0 Å². The van der Waals surface area contributed by atoms with E-state index in [1.165, 1.54) is 0 Å². The van der Waals surface area contributed by atoms with Crippen LogP contribution in [0.15, 0.2) is 18.2 Å². The molecule has 1 amide bonds. The lowest BCUT2D eigenvalue weighted by Gasteiger charge is -2.23. The molecule has 2 aliphatic rings. The van der Waals surface area contributed by atoms with Crippen molar-refractivity contribution in [3.63, 3.8) is 0 Å². The van der Waals surface area contributed by atoms with Crippen LogP contribution in [-0.2, 0) is 0 Å². The first-order chi connectivity index (χ1) is 8.65. The Bertz CT molecular complexity index is 472. The molecule has 2 aliphatic heterocycles. The number of halogens is 2. The van der Waals surface area contributed by atoms with Crippen LogP contribution in [0.1, 0.15) is 16.8 Å². The summed E-state index contributed by atoms with van der Waals surface area (Å²) in [6.07, 6.45) is 1.08. The van der Waals surface area contributed by atoms with E-state index in [4.69, 9.17) is 23.2 Å². The molecule has 0 aromatic heterocycles. The molecule has 0 spiro atoms. The Kier molecular flexibility index (Phi) is 3.22. The van der Waals surface area contributed by atoms with E-state index >= 15 is 0 Å². The summed E-state index contributed by atoms with van der Waals surface area (Å²) in [5.41, 5.74) is 0.583. The van der Waals surface area contributed by atoms with Crippen molar-refractivity contribution in [1.29, 1.82) is 0 Å². The van der Waals surface area contributed by atoms with Gasteiger partial charge in [-0.15, -0.1) is 0 Å². The van der Waals surface area contributed by atoms with Crippen LogP contribution in [0.2, 0.25) is 10.0 Å². The minimum Gasteiger partial charge on any atom is -0.334 e. The maximum Gasteiger partial charge on any atom is 0.254 e. The minimum atomic E-state index is 0.0376. The van der Waals surface area contributed by atoms with Gasteiger partial charge in [-0.25, -0.2) is 0 Å². The van der Waals surface area contributed by atoms with Crippen molar-refractivity contribution in [1.82, 2.24) is 10.2 Å². The lowest BCUT2D eigenvalue weighted by molar-refractivity contribution is 0.0737. The van der Waals surface area contributed by atoms with Crippen LogP contribution in [0.25, 0.3) is 0 Å². The van der Waals surface area contributed by atoms with Gasteiger partial charge in [-0.3, -0.25) is 4.79 Å². The maximum absolute atomic E-state index is 12.5. The topological polar surface area (TPSA) is 32.3 Å². The summed E-state index contributed by atoms with van der Waals surface area (Å²) in [6.45, 7) is 2.75. The molecule has 0 radical (unpaired) electrons. The lowest BCUT2D eigenvalue weighted by Crippen LogP contribution is -2.39. The summed E-state index contributed by atoms with van der Waals surface area (Å²) in [6, 6.07) is 5.34. The van der Waals surface area contributed by atoms with Crippen molar-refractivity contribution >= 4 is 29.1 Å². The van der Waals surface area contributed by atoms with Crippen molar-refractivity contribution < 1.29 is 4.79 Å². The fourth-order valence-corrected chi connectivity index (χ4v) is 3.47. The second-order valence-electron chi connectivity index (χ2n) is 4.93. The highest BCUT2D eigenvalue weighted by Gasteiger charge is 2.40. The van der Waals surface area contributed by atoms with Gasteiger partial charge < -0.3 is 10.2 Å². The number of rotatable bonds is 1. The molecule has 3 nitrogen and oxygen atoms in total. The number of nitrogens with zero attached hydrogens (tertiary/aromatic N) is 1. The van der Waals surface area contributed by atoms with Crippen LogP contribution in [0, 0.1) is 5.92 Å². The highest BCUT2D eigenvalue weighted by molar-refractivity contribution is 6.35. The average molecular weight is 285 g/mol. The van der Waals surface area contributed by atoms with Crippen molar-refractivity contribution in [2.45, 2.75) is 12.5 Å². The van der Waals surface area contributed by atoms with Crippen LogP contribution in [0.3, 0.4) is 0 Å². The molecule has 0 bridgehead atoms. The van der Waals surface area contributed by atoms with Gasteiger partial charge in [-0.2, -0.15) is 0 Å². The minimum absolute atomic E-state index is 0.0376. The van der Waals surface area contributed by atoms with Gasteiger partial charge in [0.1, 0.15) is 0 Å². The molecule has 1 aromatic carbocycles. The summed E-state index contributed by atoms with van der Waals surface area (Å²) >= 11 is 11.9. The van der Waals surface area contributed by atoms with E-state index in [9.17, 15) is 4.79 Å². The van der Waals surface area contributed by atoms with Crippen LogP contribution >= 0.6 is 23.2 Å². The van der Waals surface area contributed by atoms with Gasteiger partial charge >= 0.3 is 0 Å². The molecule has 5 heteroatoms. The second kappa shape index (κ2) is 4.72. The number of amides is 1. The highest BCUT2D eigenvalue weighted by atomic mass is 35.5. The van der Waals surface area contributed by atoms with E-state index in [1.807, 2.05) is 4.90 Å². The highest BCUT2D eigenvalue weighted by Crippen LogP contribution is 2.29. The first-order valence-corrected chi connectivity index (χ1v) is 6.88. The zero-order valence-corrected chi connectivity index (χ0v) is 11.3. The van der Waals surface area contributed by atoms with Gasteiger partial charge in [-0.05, 0) is 30.5 Å². The van der Waals surface area contributed by atoms with E-state index in [-0.39, 0.29) is 5.91 Å². The molecule has 96 valence electrons. The van der Waals surface area contributed by atoms with Crippen molar-refractivity contribution in [2.24, 2.45) is 5.92 Å². The number of benzene rings is 1. The Morgan fingerprint density at radius 3 is 2.67 bits per heavy atom. The zero-order valence-electron chi connectivity index (χ0n) is 9.83. The van der Waals surface area contributed by atoms with E-state index < -0.39 is 0 Å². The quantitative estimate of drug-likeness (QED) is 0.859. The summed E-state index contributed by atoms with van der Waals surface area (Å²) < 4.78 is 0. The van der Waals surface area contributed by atoms with Crippen LogP contribution in [-0.4, -0.2) is 36.5 Å². The smallest absolute Gasteiger partial charge is 0.254 e. The molecule has 2 saturated heterocycles. The Morgan fingerprint density at radius 2 is 1.94 bits per heavy atom. The Hall–Kier alpha value is -0.770. The Labute approximate surface area is 116 Å². The second-order valence-corrected chi connectivity index (χ2v) is 5.80. The predicted octanol–water partition coefficient (Wildman–Crippen LogP) is 2.43. The first kappa shape index (κ1) is 12.3. The molecule has 2 atom stereocenters. The summed E-state index contributed by atoms with van der Waals surface area (Å²) in [5, 5.41) is 4.35. The summed E-state index contributed by atoms with van der Waals surface area (Å²) in [4.78, 5) is 14.4. The van der Waals surface area contributed by atoms with Crippen LogP contribution < -0.4 is 5.32 Å². The monoisotopic (exact) mass is 284 g/mol. The summed E-state index contributed by atoms with van der Waals surface area (Å²) in [7, 11) is 0. The van der Waals surface area contributed by atoms with E-state index in [2.05, 4.69) is 5.32 Å². The third kappa shape index (κ3) is 2.11. The molecule has 18 heavy (non-hydrogen) atoms. The number of nitrogens with one attached hydrogen (secondary N) is 1. The Morgan fingerprint density at radius 1 is 1.22 bits per heavy atom. The van der Waals surface area contributed by atoms with Crippen molar-refractivity contribution in [3.05, 3.63) is 33.8 Å². The molecule has 0 unspecified atom stereocenters. The number of carbonyl (C=O) groups is 1. The molecule has 2 fully saturated rings. The summed E-state index contributed by atoms with van der Waals surface area (Å²) in [5.74, 6) is 0.638. The number of carbonyl (C=O) groups excluding carboxylic acids is 1. The van der Waals surface area contributed by atoms with E-state index in [0.29, 0.717) is 27.6 Å². The molecule has 2 heterocycles. The molecular formula is C13H14Cl2N2O. The molecule has 1 aromatic rings. The van der Waals surface area contributed by atoms with E-state index in [1.54, 1.807) is 18.2 Å². The maximum atomic E-state index is 12.5. The molecule has 0 aliphatic carbocycles.